The number of amides is 2. The molecule has 1 aromatic rings. The summed E-state index contributed by atoms with van der Waals surface area (Å²) in [7, 11) is 0. The molecule has 0 aromatic heterocycles. The molecule has 0 saturated carbocycles. The normalized spacial score (nSPS) is 15.3. The van der Waals surface area contributed by atoms with E-state index in [-0.39, 0.29) is 11.8 Å². The minimum Gasteiger partial charge on any atom is -0.368 e. The van der Waals surface area contributed by atoms with Crippen LogP contribution in [0.15, 0.2) is 24.3 Å². The summed E-state index contributed by atoms with van der Waals surface area (Å²) in [6.45, 7) is 13.3. The van der Waals surface area contributed by atoms with Gasteiger partial charge >= 0.3 is 0 Å². The van der Waals surface area contributed by atoms with Crippen LogP contribution in [0.5, 0.6) is 0 Å². The van der Waals surface area contributed by atoms with Crippen LogP contribution in [0.2, 0.25) is 0 Å². The van der Waals surface area contributed by atoms with E-state index < -0.39 is 5.41 Å². The van der Waals surface area contributed by atoms with Crippen LogP contribution in [0.1, 0.15) is 39.7 Å². The summed E-state index contributed by atoms with van der Waals surface area (Å²) in [5.74, 6) is 0.275. The molecule has 1 aromatic carbocycles. The van der Waals surface area contributed by atoms with Crippen molar-refractivity contribution in [1.29, 1.82) is 0 Å². The predicted octanol–water partition coefficient (Wildman–Crippen LogP) is 2.83. The zero-order chi connectivity index (χ0) is 19.3. The number of aryl methyl sites for hydroxylation is 1. The Kier molecular flexibility index (Phi) is 6.68. The van der Waals surface area contributed by atoms with Gasteiger partial charge in [0.2, 0.25) is 11.8 Å². The molecule has 5 heteroatoms. The summed E-state index contributed by atoms with van der Waals surface area (Å²) in [6.07, 6.45) is 0.922. The number of carbonyl (C=O) groups is 2. The Labute approximate surface area is 157 Å². The van der Waals surface area contributed by atoms with Gasteiger partial charge in [0.25, 0.3) is 0 Å². The number of rotatable bonds is 6. The number of hydrogen-bond acceptors (Lipinski definition) is 3. The average molecular weight is 360 g/mol. The molecule has 0 unspecified atom stereocenters. The Balaban J connectivity index is 1.91. The molecule has 0 bridgehead atoms. The van der Waals surface area contributed by atoms with Crippen LogP contribution in [-0.4, -0.2) is 49.4 Å². The van der Waals surface area contributed by atoms with E-state index in [0.717, 1.165) is 19.5 Å². The molecule has 2 amide bonds. The molecule has 2 rings (SSSR count). The topological polar surface area (TPSA) is 52.7 Å². The molecular weight excluding hydrogens is 326 g/mol. The second-order valence-electron chi connectivity index (χ2n) is 8.18. The molecule has 0 aliphatic carbocycles. The molecule has 26 heavy (non-hydrogen) atoms. The van der Waals surface area contributed by atoms with E-state index >= 15 is 0 Å². The maximum atomic E-state index is 12.9. The van der Waals surface area contributed by atoms with Gasteiger partial charge in [-0.15, -0.1) is 0 Å². The van der Waals surface area contributed by atoms with Crippen LogP contribution in [0.25, 0.3) is 0 Å². The lowest BCUT2D eigenvalue weighted by Crippen LogP contribution is -2.55. The first-order valence-corrected chi connectivity index (χ1v) is 9.61. The van der Waals surface area contributed by atoms with Gasteiger partial charge in [0.1, 0.15) is 5.41 Å². The van der Waals surface area contributed by atoms with E-state index in [9.17, 15) is 9.59 Å². The molecule has 5 nitrogen and oxygen atoms in total. The Morgan fingerprint density at radius 1 is 1.15 bits per heavy atom. The maximum absolute atomic E-state index is 12.9. The molecule has 1 N–H and O–H groups in total. The lowest BCUT2D eigenvalue weighted by Gasteiger charge is -2.39. The minimum atomic E-state index is -1.03. The fourth-order valence-corrected chi connectivity index (χ4v) is 3.18. The largest absolute Gasteiger partial charge is 0.368 e. The van der Waals surface area contributed by atoms with E-state index in [4.69, 9.17) is 0 Å². The summed E-state index contributed by atoms with van der Waals surface area (Å²) in [5, 5.41) is 2.92. The lowest BCUT2D eigenvalue weighted by atomic mass is 9.89. The molecule has 1 fully saturated rings. The molecule has 1 saturated heterocycles. The van der Waals surface area contributed by atoms with Gasteiger partial charge in [-0.2, -0.15) is 0 Å². The standard InChI is InChI=1S/C21H33N3O2/c1-16(2)9-10-22-19(25)21(4,5)20(26)24-13-11-23(12-14-24)18-8-6-7-17(3)15-18/h6-8,15-16H,9-14H2,1-5H3,(H,22,25). The molecule has 1 aliphatic rings. The van der Waals surface area contributed by atoms with Crippen molar-refractivity contribution in [2.45, 2.75) is 41.0 Å². The number of hydrogen-bond donors (Lipinski definition) is 1. The first kappa shape index (κ1) is 20.3. The molecule has 0 spiro atoms. The zero-order valence-corrected chi connectivity index (χ0v) is 16.8. The van der Waals surface area contributed by atoms with E-state index in [0.29, 0.717) is 25.6 Å². The Morgan fingerprint density at radius 2 is 1.81 bits per heavy atom. The summed E-state index contributed by atoms with van der Waals surface area (Å²) in [4.78, 5) is 29.5. The van der Waals surface area contributed by atoms with E-state index in [1.807, 2.05) is 4.90 Å². The summed E-state index contributed by atoms with van der Waals surface area (Å²) >= 11 is 0. The van der Waals surface area contributed by atoms with Crippen molar-refractivity contribution in [2.24, 2.45) is 11.3 Å². The van der Waals surface area contributed by atoms with Gasteiger partial charge in [0, 0.05) is 38.4 Å². The number of nitrogens with one attached hydrogen (secondary N) is 1. The number of benzene rings is 1. The summed E-state index contributed by atoms with van der Waals surface area (Å²) in [5.41, 5.74) is 1.41. The third-order valence-electron chi connectivity index (χ3n) is 5.04. The molecule has 0 atom stereocenters. The van der Waals surface area contributed by atoms with E-state index in [1.54, 1.807) is 13.8 Å². The van der Waals surface area contributed by atoms with Gasteiger partial charge in [0.15, 0.2) is 0 Å². The number of anilines is 1. The average Bonchev–Trinajstić information content (AvgIpc) is 2.60. The van der Waals surface area contributed by atoms with Crippen molar-refractivity contribution in [3.8, 4) is 0 Å². The fraction of sp³-hybridized carbons (Fsp3) is 0.619. The van der Waals surface area contributed by atoms with Crippen molar-refractivity contribution in [2.75, 3.05) is 37.6 Å². The molecule has 1 heterocycles. The van der Waals surface area contributed by atoms with Crippen molar-refractivity contribution >= 4 is 17.5 Å². The molecular formula is C21H33N3O2. The van der Waals surface area contributed by atoms with Crippen LogP contribution < -0.4 is 10.2 Å². The first-order valence-electron chi connectivity index (χ1n) is 9.61. The molecule has 144 valence electrons. The zero-order valence-electron chi connectivity index (χ0n) is 16.8. The third kappa shape index (κ3) is 4.99. The second kappa shape index (κ2) is 8.56. The highest BCUT2D eigenvalue weighted by atomic mass is 16.2. The van der Waals surface area contributed by atoms with Crippen molar-refractivity contribution in [3.05, 3.63) is 29.8 Å². The van der Waals surface area contributed by atoms with Crippen molar-refractivity contribution < 1.29 is 9.59 Å². The highest BCUT2D eigenvalue weighted by molar-refractivity contribution is 6.04. The van der Waals surface area contributed by atoms with Crippen LogP contribution in [-0.2, 0) is 9.59 Å². The van der Waals surface area contributed by atoms with Crippen LogP contribution in [0.4, 0.5) is 5.69 Å². The highest BCUT2D eigenvalue weighted by Crippen LogP contribution is 2.23. The number of carbonyl (C=O) groups excluding carboxylic acids is 2. The highest BCUT2D eigenvalue weighted by Gasteiger charge is 2.39. The van der Waals surface area contributed by atoms with Crippen LogP contribution in [0.3, 0.4) is 0 Å². The quantitative estimate of drug-likeness (QED) is 0.795. The SMILES string of the molecule is Cc1cccc(N2CCN(C(=O)C(C)(C)C(=O)NCCC(C)C)CC2)c1. The van der Waals surface area contributed by atoms with Gasteiger partial charge < -0.3 is 15.1 Å². The lowest BCUT2D eigenvalue weighted by molar-refractivity contribution is -0.148. The Morgan fingerprint density at radius 3 is 2.38 bits per heavy atom. The van der Waals surface area contributed by atoms with Crippen molar-refractivity contribution in [1.82, 2.24) is 10.2 Å². The first-order chi connectivity index (χ1) is 12.2. The predicted molar refractivity (Wildman–Crippen MR) is 106 cm³/mol. The van der Waals surface area contributed by atoms with Gasteiger partial charge in [-0.3, -0.25) is 9.59 Å². The molecule has 1 aliphatic heterocycles. The van der Waals surface area contributed by atoms with E-state index in [1.165, 1.54) is 11.3 Å². The maximum Gasteiger partial charge on any atom is 0.237 e. The smallest absolute Gasteiger partial charge is 0.237 e. The van der Waals surface area contributed by atoms with Gasteiger partial charge in [0.05, 0.1) is 0 Å². The number of piperazine rings is 1. The Bertz CT molecular complexity index is 632. The van der Waals surface area contributed by atoms with Gasteiger partial charge in [-0.25, -0.2) is 0 Å². The van der Waals surface area contributed by atoms with Crippen LogP contribution >= 0.6 is 0 Å². The minimum absolute atomic E-state index is 0.0801. The summed E-state index contributed by atoms with van der Waals surface area (Å²) in [6, 6.07) is 8.43. The van der Waals surface area contributed by atoms with Gasteiger partial charge in [-0.05, 0) is 50.8 Å². The van der Waals surface area contributed by atoms with Gasteiger partial charge in [-0.1, -0.05) is 26.0 Å². The van der Waals surface area contributed by atoms with Crippen LogP contribution in [0, 0.1) is 18.3 Å². The summed E-state index contributed by atoms with van der Waals surface area (Å²) < 4.78 is 0. The third-order valence-corrected chi connectivity index (χ3v) is 5.04. The molecule has 0 radical (unpaired) electrons. The Hall–Kier alpha value is -2.04. The van der Waals surface area contributed by atoms with Crippen molar-refractivity contribution in [3.63, 3.8) is 0 Å². The fourth-order valence-electron chi connectivity index (χ4n) is 3.18. The number of nitrogens with zero attached hydrogens (tertiary/aromatic N) is 2. The second-order valence-corrected chi connectivity index (χ2v) is 8.18. The monoisotopic (exact) mass is 359 g/mol. The van der Waals surface area contributed by atoms with E-state index in [2.05, 4.69) is 55.3 Å².